The van der Waals surface area contributed by atoms with E-state index in [1.807, 2.05) is 25.1 Å². The lowest BCUT2D eigenvalue weighted by molar-refractivity contribution is 0.00998. The third-order valence-corrected chi connectivity index (χ3v) is 5.75. The largest absolute Gasteiger partial charge is 0.373 e. The maximum atomic E-state index is 12.2. The average molecular weight is 331 g/mol. The number of rotatable bonds is 2. The van der Waals surface area contributed by atoms with Gasteiger partial charge in [-0.05, 0) is 44.4 Å². The second kappa shape index (κ2) is 5.76. The van der Waals surface area contributed by atoms with E-state index in [2.05, 4.69) is 15.6 Å². The molecule has 2 aliphatic rings. The number of aryl methyl sites for hydroxylation is 1. The number of fused-ring (bicyclic) bond motifs is 1. The van der Waals surface area contributed by atoms with Crippen LogP contribution >= 0.6 is 11.3 Å². The number of carbonyl (C=O) groups is 1. The molecule has 1 atom stereocenters. The smallest absolute Gasteiger partial charge is 0.319 e. The first-order chi connectivity index (χ1) is 11.1. The van der Waals surface area contributed by atoms with Crippen LogP contribution in [0.4, 0.5) is 10.5 Å². The first kappa shape index (κ1) is 14.9. The van der Waals surface area contributed by atoms with Gasteiger partial charge in [0, 0.05) is 5.69 Å². The molecule has 1 aromatic heterocycles. The first-order valence-electron chi connectivity index (χ1n) is 8.21. The molecule has 1 spiro atoms. The SMILES string of the molecule is Cc1nc2ccc(NC(=O)N[C@H]3COC4(CCCC4)C3)cc2s1. The number of hydrogen-bond donors (Lipinski definition) is 2. The van der Waals surface area contributed by atoms with E-state index in [4.69, 9.17) is 4.74 Å². The highest BCUT2D eigenvalue weighted by Gasteiger charge is 2.42. The second-order valence-corrected chi connectivity index (χ2v) is 7.85. The monoisotopic (exact) mass is 331 g/mol. The van der Waals surface area contributed by atoms with Crippen LogP contribution in [0.25, 0.3) is 10.2 Å². The number of nitrogens with one attached hydrogen (secondary N) is 2. The summed E-state index contributed by atoms with van der Waals surface area (Å²) in [6, 6.07) is 5.77. The molecule has 0 unspecified atom stereocenters. The molecule has 2 heterocycles. The highest BCUT2D eigenvalue weighted by atomic mass is 32.1. The van der Waals surface area contributed by atoms with Crippen molar-refractivity contribution in [3.63, 3.8) is 0 Å². The van der Waals surface area contributed by atoms with Crippen LogP contribution in [0.1, 0.15) is 37.1 Å². The summed E-state index contributed by atoms with van der Waals surface area (Å²) >= 11 is 1.64. The Morgan fingerprint density at radius 1 is 1.39 bits per heavy atom. The highest BCUT2D eigenvalue weighted by Crippen LogP contribution is 2.40. The van der Waals surface area contributed by atoms with Gasteiger partial charge >= 0.3 is 6.03 Å². The quantitative estimate of drug-likeness (QED) is 0.879. The van der Waals surface area contributed by atoms with Crippen LogP contribution < -0.4 is 10.6 Å². The lowest BCUT2D eigenvalue weighted by Gasteiger charge is -2.21. The van der Waals surface area contributed by atoms with Gasteiger partial charge in [-0.1, -0.05) is 12.8 Å². The molecule has 6 heteroatoms. The molecule has 122 valence electrons. The van der Waals surface area contributed by atoms with E-state index in [-0.39, 0.29) is 17.7 Å². The lowest BCUT2D eigenvalue weighted by Crippen LogP contribution is -2.39. The van der Waals surface area contributed by atoms with Crippen LogP contribution in [0.2, 0.25) is 0 Å². The molecule has 1 aliphatic heterocycles. The molecule has 2 amide bonds. The zero-order valence-corrected chi connectivity index (χ0v) is 14.0. The van der Waals surface area contributed by atoms with Gasteiger partial charge in [0.2, 0.25) is 0 Å². The average Bonchev–Trinajstić information content (AvgIpc) is 3.20. The second-order valence-electron chi connectivity index (χ2n) is 6.62. The van der Waals surface area contributed by atoms with Gasteiger partial charge in [0.25, 0.3) is 0 Å². The minimum atomic E-state index is -0.158. The van der Waals surface area contributed by atoms with Gasteiger partial charge in [-0.2, -0.15) is 0 Å². The van der Waals surface area contributed by atoms with Crippen LogP contribution in [-0.4, -0.2) is 29.3 Å². The molecular weight excluding hydrogens is 310 g/mol. The van der Waals surface area contributed by atoms with Gasteiger partial charge in [-0.25, -0.2) is 9.78 Å². The molecule has 1 saturated heterocycles. The van der Waals surface area contributed by atoms with Crippen molar-refractivity contribution < 1.29 is 9.53 Å². The lowest BCUT2D eigenvalue weighted by atomic mass is 9.96. The number of amides is 2. The molecule has 1 aliphatic carbocycles. The number of hydrogen-bond acceptors (Lipinski definition) is 4. The predicted octanol–water partition coefficient (Wildman–Crippen LogP) is 3.83. The normalized spacial score (nSPS) is 22.7. The zero-order chi connectivity index (χ0) is 15.9. The highest BCUT2D eigenvalue weighted by molar-refractivity contribution is 7.18. The zero-order valence-electron chi connectivity index (χ0n) is 13.2. The number of benzene rings is 1. The molecule has 5 nitrogen and oxygen atoms in total. The van der Waals surface area contributed by atoms with E-state index in [1.54, 1.807) is 11.3 Å². The maximum absolute atomic E-state index is 12.2. The first-order valence-corrected chi connectivity index (χ1v) is 9.02. The van der Waals surface area contributed by atoms with Crippen molar-refractivity contribution in [2.45, 2.75) is 50.7 Å². The molecule has 1 saturated carbocycles. The van der Waals surface area contributed by atoms with Crippen molar-refractivity contribution in [1.29, 1.82) is 0 Å². The van der Waals surface area contributed by atoms with Crippen LogP contribution in [0.15, 0.2) is 18.2 Å². The van der Waals surface area contributed by atoms with Gasteiger partial charge in [0.15, 0.2) is 0 Å². The third kappa shape index (κ3) is 3.05. The number of carbonyl (C=O) groups excluding carboxylic acids is 1. The van der Waals surface area contributed by atoms with E-state index in [0.29, 0.717) is 6.61 Å². The molecule has 0 radical (unpaired) electrons. The molecule has 4 rings (SSSR count). The van der Waals surface area contributed by atoms with Crippen LogP contribution in [0, 0.1) is 6.92 Å². The van der Waals surface area contributed by atoms with Gasteiger partial charge in [-0.15, -0.1) is 11.3 Å². The topological polar surface area (TPSA) is 63.2 Å². The molecular formula is C17H21N3O2S. The van der Waals surface area contributed by atoms with E-state index < -0.39 is 0 Å². The summed E-state index contributed by atoms with van der Waals surface area (Å²) in [7, 11) is 0. The van der Waals surface area contributed by atoms with Gasteiger partial charge in [0.05, 0.1) is 33.5 Å². The van der Waals surface area contributed by atoms with E-state index in [9.17, 15) is 4.79 Å². The van der Waals surface area contributed by atoms with E-state index in [1.165, 1.54) is 12.8 Å². The molecule has 2 N–H and O–H groups in total. The maximum Gasteiger partial charge on any atom is 0.319 e. The summed E-state index contributed by atoms with van der Waals surface area (Å²) < 4.78 is 7.07. The standard InChI is InChI=1S/C17H21N3O2S/c1-11-18-14-5-4-12(8-15(14)23-11)19-16(21)20-13-9-17(22-10-13)6-2-3-7-17/h4-5,8,13H,2-3,6-7,9-10H2,1H3,(H2,19,20,21)/t13-/m1/s1. The molecule has 2 fully saturated rings. The van der Waals surface area contributed by atoms with Crippen molar-refractivity contribution in [2.24, 2.45) is 0 Å². The number of ether oxygens (including phenoxy) is 1. The van der Waals surface area contributed by atoms with Crippen LogP contribution in [0.5, 0.6) is 0 Å². The summed E-state index contributed by atoms with van der Waals surface area (Å²) in [5, 5.41) is 7.00. The molecule has 2 aromatic rings. The Bertz CT molecular complexity index is 737. The summed E-state index contributed by atoms with van der Waals surface area (Å²) in [4.78, 5) is 16.7. The summed E-state index contributed by atoms with van der Waals surface area (Å²) in [6.45, 7) is 2.62. The fourth-order valence-electron chi connectivity index (χ4n) is 3.77. The minimum Gasteiger partial charge on any atom is -0.373 e. The fourth-order valence-corrected chi connectivity index (χ4v) is 4.64. The minimum absolute atomic E-state index is 0.0387. The molecule has 0 bridgehead atoms. The number of aromatic nitrogens is 1. The van der Waals surface area contributed by atoms with E-state index in [0.717, 1.165) is 40.2 Å². The van der Waals surface area contributed by atoms with Crippen LogP contribution in [-0.2, 0) is 4.74 Å². The summed E-state index contributed by atoms with van der Waals surface area (Å²) in [5.74, 6) is 0. The van der Waals surface area contributed by atoms with Gasteiger partial charge in [0.1, 0.15) is 0 Å². The number of thiazole rings is 1. The van der Waals surface area contributed by atoms with Gasteiger partial charge < -0.3 is 15.4 Å². The Morgan fingerprint density at radius 2 is 2.22 bits per heavy atom. The summed E-state index contributed by atoms with van der Waals surface area (Å²) in [5.41, 5.74) is 1.82. The third-order valence-electron chi connectivity index (χ3n) is 4.81. The number of nitrogens with zero attached hydrogens (tertiary/aromatic N) is 1. The van der Waals surface area contributed by atoms with Crippen LogP contribution in [0.3, 0.4) is 0 Å². The summed E-state index contributed by atoms with van der Waals surface area (Å²) in [6.07, 6.45) is 5.69. The van der Waals surface area contributed by atoms with Crippen molar-refractivity contribution in [3.8, 4) is 0 Å². The Balaban J connectivity index is 1.37. The molecule has 1 aromatic carbocycles. The Morgan fingerprint density at radius 3 is 3.04 bits per heavy atom. The molecule has 23 heavy (non-hydrogen) atoms. The number of urea groups is 1. The van der Waals surface area contributed by atoms with E-state index >= 15 is 0 Å². The van der Waals surface area contributed by atoms with Crippen molar-refractivity contribution >= 4 is 33.3 Å². The Hall–Kier alpha value is -1.66. The number of anilines is 1. The van der Waals surface area contributed by atoms with Crippen molar-refractivity contribution in [3.05, 3.63) is 23.2 Å². The van der Waals surface area contributed by atoms with Gasteiger partial charge in [-0.3, -0.25) is 0 Å². The van der Waals surface area contributed by atoms with Crippen molar-refractivity contribution in [1.82, 2.24) is 10.3 Å². The Labute approximate surface area is 139 Å². The Kier molecular flexibility index (Phi) is 3.73. The predicted molar refractivity (Wildman–Crippen MR) is 92.1 cm³/mol. The van der Waals surface area contributed by atoms with Crippen molar-refractivity contribution in [2.75, 3.05) is 11.9 Å². The fraction of sp³-hybridized carbons (Fsp3) is 0.529.